The molecule has 0 radical (unpaired) electrons. The van der Waals surface area contributed by atoms with Crippen molar-refractivity contribution in [3.8, 4) is 5.75 Å². The first kappa shape index (κ1) is 23.2. The van der Waals surface area contributed by atoms with Crippen molar-refractivity contribution in [2.45, 2.75) is 19.9 Å². The molecule has 2 N–H and O–H groups in total. The monoisotopic (exact) mass is 483 g/mol. The molecule has 0 aliphatic carbocycles. The summed E-state index contributed by atoms with van der Waals surface area (Å²) < 4.78 is 21.8. The first-order valence-corrected chi connectivity index (χ1v) is 10.9. The van der Waals surface area contributed by atoms with E-state index in [0.29, 0.717) is 40.9 Å². The number of nitrogens with one attached hydrogen (secondary N) is 2. The minimum absolute atomic E-state index is 0.120. The molecule has 1 aliphatic rings. The molecule has 0 atom stereocenters. The molecular weight excluding hydrogens is 461 g/mol. The number of amides is 2. The minimum Gasteiger partial charge on any atom is -0.493 e. The summed E-state index contributed by atoms with van der Waals surface area (Å²) in [7, 11) is 0. The zero-order valence-electron chi connectivity index (χ0n) is 18.5. The summed E-state index contributed by atoms with van der Waals surface area (Å²) in [4.78, 5) is 12.9. The van der Waals surface area contributed by atoms with Crippen molar-refractivity contribution in [3.63, 3.8) is 0 Å². The van der Waals surface area contributed by atoms with E-state index in [0.717, 1.165) is 5.56 Å². The third kappa shape index (κ3) is 5.18. The maximum atomic E-state index is 14.6. The predicted molar refractivity (Wildman–Crippen MR) is 127 cm³/mol. The molecule has 3 aromatic rings. The number of rotatable bonds is 6. The van der Waals surface area contributed by atoms with Gasteiger partial charge in [-0.3, -0.25) is 4.57 Å². The van der Waals surface area contributed by atoms with Gasteiger partial charge >= 0.3 is 6.03 Å². The fourth-order valence-electron chi connectivity index (χ4n) is 3.47. The molecule has 34 heavy (non-hydrogen) atoms. The molecule has 9 nitrogen and oxygen atoms in total. The van der Waals surface area contributed by atoms with Crippen LogP contribution < -0.4 is 15.4 Å². The summed E-state index contributed by atoms with van der Waals surface area (Å²) in [5.74, 6) is 1.10. The van der Waals surface area contributed by atoms with Gasteiger partial charge in [0, 0.05) is 34.8 Å². The Hall–Kier alpha value is -3.92. The molecule has 4 rings (SSSR count). The topological polar surface area (TPSA) is 96.7 Å². The van der Waals surface area contributed by atoms with Crippen molar-refractivity contribution in [2.24, 2.45) is 5.10 Å². The number of hydrogen-bond donors (Lipinski definition) is 2. The van der Waals surface area contributed by atoms with E-state index in [1.54, 1.807) is 47.9 Å². The average Bonchev–Trinajstić information content (AvgIpc) is 3.47. The zero-order valence-corrected chi connectivity index (χ0v) is 19.2. The molecule has 2 heterocycles. The van der Waals surface area contributed by atoms with E-state index >= 15 is 0 Å². The van der Waals surface area contributed by atoms with Crippen LogP contribution in [0.3, 0.4) is 0 Å². The lowest BCUT2D eigenvalue weighted by Gasteiger charge is -2.20. The molecule has 0 saturated carbocycles. The highest BCUT2D eigenvalue weighted by Gasteiger charge is 2.21. The first-order valence-electron chi connectivity index (χ1n) is 10.5. The Balaban J connectivity index is 1.61. The Morgan fingerprint density at radius 3 is 2.85 bits per heavy atom. The van der Waals surface area contributed by atoms with Gasteiger partial charge in [-0.25, -0.2) is 14.2 Å². The number of hydrazone groups is 1. The van der Waals surface area contributed by atoms with Crippen LogP contribution in [0, 0.1) is 12.7 Å². The second-order valence-electron chi connectivity index (χ2n) is 7.43. The van der Waals surface area contributed by atoms with E-state index in [9.17, 15) is 9.18 Å². The quantitative estimate of drug-likeness (QED) is 0.239. The van der Waals surface area contributed by atoms with Crippen molar-refractivity contribution in [1.82, 2.24) is 25.1 Å². The first-order chi connectivity index (χ1) is 16.5. The number of urea groups is 1. The molecule has 0 fully saturated rings. The van der Waals surface area contributed by atoms with E-state index in [2.05, 4.69) is 32.5 Å². The molecule has 0 spiro atoms. The van der Waals surface area contributed by atoms with Crippen molar-refractivity contribution in [2.75, 3.05) is 18.5 Å². The molecule has 11 heteroatoms. The van der Waals surface area contributed by atoms with Gasteiger partial charge in [-0.05, 0) is 43.3 Å². The largest absolute Gasteiger partial charge is 0.493 e. The van der Waals surface area contributed by atoms with Gasteiger partial charge in [0.1, 0.15) is 23.7 Å². The highest BCUT2D eigenvalue weighted by atomic mass is 35.5. The van der Waals surface area contributed by atoms with Gasteiger partial charge in [-0.2, -0.15) is 0 Å². The SMILES string of the molecule is C=CCN(/N=C(/NCc1c(F)ccc2c1CCO2)n1cnnc1C)C(=O)Nc1ccc(Cl)cc1. The Bertz CT molecular complexity index is 1230. The van der Waals surface area contributed by atoms with E-state index in [4.69, 9.17) is 16.3 Å². The Labute approximate surface area is 200 Å². The normalized spacial score (nSPS) is 12.6. The maximum Gasteiger partial charge on any atom is 0.342 e. The number of carbonyl (C=O) groups excluding carboxylic acids is 1. The molecule has 1 aliphatic heterocycles. The van der Waals surface area contributed by atoms with Gasteiger partial charge in [-0.15, -0.1) is 21.9 Å². The zero-order chi connectivity index (χ0) is 24.1. The lowest BCUT2D eigenvalue weighted by Crippen LogP contribution is -2.38. The highest BCUT2D eigenvalue weighted by Crippen LogP contribution is 2.30. The number of aromatic nitrogens is 3. The molecule has 2 amide bonds. The molecule has 2 aromatic carbocycles. The van der Waals surface area contributed by atoms with Crippen molar-refractivity contribution < 1.29 is 13.9 Å². The second kappa shape index (κ2) is 10.3. The van der Waals surface area contributed by atoms with Crippen LogP contribution in [-0.2, 0) is 13.0 Å². The van der Waals surface area contributed by atoms with Crippen LogP contribution in [0.1, 0.15) is 17.0 Å². The van der Waals surface area contributed by atoms with Crippen LogP contribution in [0.25, 0.3) is 0 Å². The van der Waals surface area contributed by atoms with E-state index in [1.165, 1.54) is 17.4 Å². The third-order valence-electron chi connectivity index (χ3n) is 5.16. The average molecular weight is 484 g/mol. The van der Waals surface area contributed by atoms with Gasteiger partial charge in [-0.1, -0.05) is 17.7 Å². The second-order valence-corrected chi connectivity index (χ2v) is 7.87. The number of anilines is 1. The van der Waals surface area contributed by atoms with Crippen LogP contribution in [0.2, 0.25) is 5.02 Å². The van der Waals surface area contributed by atoms with Gasteiger partial charge < -0.3 is 15.4 Å². The Morgan fingerprint density at radius 2 is 2.15 bits per heavy atom. The molecule has 0 saturated heterocycles. The predicted octanol–water partition coefficient (Wildman–Crippen LogP) is 3.94. The fourth-order valence-corrected chi connectivity index (χ4v) is 3.60. The van der Waals surface area contributed by atoms with E-state index < -0.39 is 6.03 Å². The Kier molecular flexibility index (Phi) is 7.07. The number of fused-ring (bicyclic) bond motifs is 1. The summed E-state index contributed by atoms with van der Waals surface area (Å²) >= 11 is 5.92. The van der Waals surface area contributed by atoms with E-state index in [1.807, 2.05) is 0 Å². The molecular formula is C23H23ClFN7O2. The lowest BCUT2D eigenvalue weighted by atomic mass is 10.0. The van der Waals surface area contributed by atoms with Crippen LogP contribution >= 0.6 is 11.6 Å². The highest BCUT2D eigenvalue weighted by molar-refractivity contribution is 6.30. The third-order valence-corrected chi connectivity index (χ3v) is 5.41. The van der Waals surface area contributed by atoms with Crippen molar-refractivity contribution in [1.29, 1.82) is 0 Å². The summed E-state index contributed by atoms with van der Waals surface area (Å²) in [6.07, 6.45) is 3.62. The Morgan fingerprint density at radius 1 is 1.35 bits per heavy atom. The number of nitrogens with zero attached hydrogens (tertiary/aromatic N) is 5. The van der Waals surface area contributed by atoms with Crippen LogP contribution in [-0.4, -0.2) is 44.9 Å². The summed E-state index contributed by atoms with van der Waals surface area (Å²) in [5, 5.41) is 20.0. The van der Waals surface area contributed by atoms with Crippen LogP contribution in [0.15, 0.2) is 60.5 Å². The smallest absolute Gasteiger partial charge is 0.342 e. The van der Waals surface area contributed by atoms with Gasteiger partial charge in [0.25, 0.3) is 0 Å². The summed E-state index contributed by atoms with van der Waals surface area (Å²) in [6, 6.07) is 9.22. The number of hydrogen-bond acceptors (Lipinski definition) is 5. The number of aryl methyl sites for hydroxylation is 1. The van der Waals surface area contributed by atoms with Crippen LogP contribution in [0.5, 0.6) is 5.75 Å². The minimum atomic E-state index is -0.493. The molecule has 1 aromatic heterocycles. The number of carbonyl (C=O) groups is 1. The number of ether oxygens (including phenoxy) is 1. The van der Waals surface area contributed by atoms with Crippen molar-refractivity contribution in [3.05, 3.63) is 83.2 Å². The maximum absolute atomic E-state index is 14.6. The molecule has 0 bridgehead atoms. The van der Waals surface area contributed by atoms with Crippen molar-refractivity contribution >= 4 is 29.3 Å². The molecule has 0 unspecified atom stereocenters. The molecule has 176 valence electrons. The number of halogens is 2. The summed E-state index contributed by atoms with van der Waals surface area (Å²) in [6.45, 7) is 6.20. The van der Waals surface area contributed by atoms with Gasteiger partial charge in [0.15, 0.2) is 0 Å². The number of benzene rings is 2. The van der Waals surface area contributed by atoms with Crippen LogP contribution in [0.4, 0.5) is 14.9 Å². The lowest BCUT2D eigenvalue weighted by molar-refractivity contribution is 0.219. The van der Waals surface area contributed by atoms with Gasteiger partial charge in [0.2, 0.25) is 5.96 Å². The summed E-state index contributed by atoms with van der Waals surface area (Å²) in [5.41, 5.74) is 1.85. The van der Waals surface area contributed by atoms with Gasteiger partial charge in [0.05, 0.1) is 13.2 Å². The fraction of sp³-hybridized carbons (Fsp3) is 0.217. The van der Waals surface area contributed by atoms with E-state index in [-0.39, 0.29) is 24.9 Å². The standard InChI is InChI=1S/C23H23ClFN7O2/c1-3-11-32(23(33)28-17-6-4-16(24)5-7-17)30-22(31-14-27-29-15(31)2)26-13-19-18-10-12-34-21(18)9-8-20(19)25/h3-9,14H,1,10-13H2,2H3,(H,26,30)(H,28,33).